The van der Waals surface area contributed by atoms with Crippen molar-refractivity contribution >= 4 is 28.8 Å². The summed E-state index contributed by atoms with van der Waals surface area (Å²) >= 11 is 7.20. The fourth-order valence-corrected chi connectivity index (χ4v) is 3.72. The van der Waals surface area contributed by atoms with E-state index in [1.54, 1.807) is 12.1 Å². The number of benzene rings is 1. The minimum Gasteiger partial charge on any atom is -0.349 e. The van der Waals surface area contributed by atoms with Crippen molar-refractivity contribution in [3.05, 3.63) is 57.2 Å². The first-order valence-corrected chi connectivity index (χ1v) is 8.72. The number of carbonyl (C=O) groups is 1. The Labute approximate surface area is 139 Å². The predicted molar refractivity (Wildman–Crippen MR) is 91.5 cm³/mol. The van der Waals surface area contributed by atoms with Crippen molar-refractivity contribution in [2.45, 2.75) is 25.4 Å². The predicted octanol–water partition coefficient (Wildman–Crippen LogP) is 3.80. The van der Waals surface area contributed by atoms with Crippen molar-refractivity contribution in [3.8, 4) is 0 Å². The van der Waals surface area contributed by atoms with Crippen molar-refractivity contribution < 1.29 is 4.79 Å². The van der Waals surface area contributed by atoms with Crippen molar-refractivity contribution in [3.63, 3.8) is 0 Å². The van der Waals surface area contributed by atoms with Gasteiger partial charge in [-0.25, -0.2) is 0 Å². The molecule has 116 valence electrons. The number of rotatable bonds is 4. The fourth-order valence-electron chi connectivity index (χ4n) is 2.77. The van der Waals surface area contributed by atoms with Gasteiger partial charge in [-0.05, 0) is 30.5 Å². The lowest BCUT2D eigenvalue weighted by Crippen LogP contribution is -2.44. The summed E-state index contributed by atoms with van der Waals surface area (Å²) in [5, 5.41) is 3.12. The van der Waals surface area contributed by atoms with Crippen LogP contribution in [0.25, 0.3) is 0 Å². The molecule has 0 spiro atoms. The van der Waals surface area contributed by atoms with Gasteiger partial charge in [0.05, 0.1) is 9.21 Å². The second-order valence-corrected chi connectivity index (χ2v) is 7.33. The zero-order valence-corrected chi connectivity index (χ0v) is 13.9. The van der Waals surface area contributed by atoms with Gasteiger partial charge in [0, 0.05) is 25.7 Å². The molecule has 3 rings (SSSR count). The largest absolute Gasteiger partial charge is 0.349 e. The van der Waals surface area contributed by atoms with Crippen LogP contribution in [0.2, 0.25) is 4.34 Å². The van der Waals surface area contributed by atoms with Gasteiger partial charge in [-0.15, -0.1) is 11.3 Å². The molecule has 1 aromatic heterocycles. The highest BCUT2D eigenvalue weighted by atomic mass is 35.5. The minimum atomic E-state index is -0.00147. The number of hydrogen-bond donors (Lipinski definition) is 1. The number of hydrogen-bond acceptors (Lipinski definition) is 3. The number of carbonyl (C=O) groups excluding carboxylic acids is 1. The molecule has 0 saturated carbocycles. The van der Waals surface area contributed by atoms with Crippen LogP contribution in [0.5, 0.6) is 0 Å². The molecule has 1 amide bonds. The average molecular weight is 335 g/mol. The lowest BCUT2D eigenvalue weighted by molar-refractivity contribution is 0.0913. The Bertz CT molecular complexity index is 621. The first-order chi connectivity index (χ1) is 10.7. The van der Waals surface area contributed by atoms with E-state index < -0.39 is 0 Å². The zero-order chi connectivity index (χ0) is 15.4. The highest BCUT2D eigenvalue weighted by Gasteiger charge is 2.21. The summed E-state index contributed by atoms with van der Waals surface area (Å²) in [5.41, 5.74) is 1.35. The summed E-state index contributed by atoms with van der Waals surface area (Å²) in [4.78, 5) is 15.3. The van der Waals surface area contributed by atoms with Crippen LogP contribution >= 0.6 is 22.9 Å². The van der Waals surface area contributed by atoms with Gasteiger partial charge in [-0.3, -0.25) is 9.69 Å². The number of piperidine rings is 1. The molecule has 0 aliphatic carbocycles. The standard InChI is InChI=1S/C17H19ClN2OS/c18-16-7-6-15(22-16)17(21)19-14-8-10-20(11-9-14)12-13-4-2-1-3-5-13/h1-7,14H,8-12H2,(H,19,21). The smallest absolute Gasteiger partial charge is 0.261 e. The van der Waals surface area contributed by atoms with E-state index in [9.17, 15) is 4.79 Å². The monoisotopic (exact) mass is 334 g/mol. The molecule has 3 nitrogen and oxygen atoms in total. The van der Waals surface area contributed by atoms with Crippen LogP contribution in [0.1, 0.15) is 28.1 Å². The minimum absolute atomic E-state index is 0.00147. The van der Waals surface area contributed by atoms with E-state index in [1.807, 2.05) is 6.07 Å². The Kier molecular flexibility index (Phi) is 5.13. The first kappa shape index (κ1) is 15.5. The van der Waals surface area contributed by atoms with Crippen LogP contribution in [-0.4, -0.2) is 29.9 Å². The van der Waals surface area contributed by atoms with E-state index >= 15 is 0 Å². The quantitative estimate of drug-likeness (QED) is 0.922. The van der Waals surface area contributed by atoms with E-state index in [-0.39, 0.29) is 11.9 Å². The molecule has 22 heavy (non-hydrogen) atoms. The van der Waals surface area contributed by atoms with Gasteiger partial charge >= 0.3 is 0 Å². The first-order valence-electron chi connectivity index (χ1n) is 7.53. The summed E-state index contributed by atoms with van der Waals surface area (Å²) in [6.07, 6.45) is 2.00. The van der Waals surface area contributed by atoms with Crippen molar-refractivity contribution in [1.82, 2.24) is 10.2 Å². The third-order valence-corrected chi connectivity index (χ3v) is 5.20. The Morgan fingerprint density at radius 3 is 2.55 bits per heavy atom. The summed E-state index contributed by atoms with van der Waals surface area (Å²) < 4.78 is 0.655. The van der Waals surface area contributed by atoms with Crippen molar-refractivity contribution in [2.24, 2.45) is 0 Å². The molecule has 1 aliphatic rings. The number of halogens is 1. The molecule has 2 heterocycles. The highest BCUT2D eigenvalue weighted by Crippen LogP contribution is 2.22. The number of thiophene rings is 1. The molecule has 1 N–H and O–H groups in total. The van der Waals surface area contributed by atoms with Crippen LogP contribution in [0, 0.1) is 0 Å². The topological polar surface area (TPSA) is 32.3 Å². The van der Waals surface area contributed by atoms with Gasteiger partial charge in [0.15, 0.2) is 0 Å². The van der Waals surface area contributed by atoms with Gasteiger partial charge in [-0.2, -0.15) is 0 Å². The molecule has 0 atom stereocenters. The maximum atomic E-state index is 12.1. The number of nitrogens with one attached hydrogen (secondary N) is 1. The molecular weight excluding hydrogens is 316 g/mol. The van der Waals surface area contributed by atoms with Crippen LogP contribution < -0.4 is 5.32 Å². The van der Waals surface area contributed by atoms with Gasteiger partial charge in [-0.1, -0.05) is 41.9 Å². The molecule has 5 heteroatoms. The van der Waals surface area contributed by atoms with Gasteiger partial charge in [0.25, 0.3) is 5.91 Å². The SMILES string of the molecule is O=C(NC1CCN(Cc2ccccc2)CC1)c1ccc(Cl)s1. The molecule has 0 radical (unpaired) electrons. The van der Waals surface area contributed by atoms with Gasteiger partial charge in [0.2, 0.25) is 0 Å². The van der Waals surface area contributed by atoms with Gasteiger partial charge < -0.3 is 5.32 Å². The van der Waals surface area contributed by atoms with Crippen LogP contribution in [0.3, 0.4) is 0 Å². The zero-order valence-electron chi connectivity index (χ0n) is 12.3. The lowest BCUT2D eigenvalue weighted by Gasteiger charge is -2.32. The summed E-state index contributed by atoms with van der Waals surface area (Å²) in [6, 6.07) is 14.3. The van der Waals surface area contributed by atoms with Crippen LogP contribution in [0.4, 0.5) is 0 Å². The molecule has 1 aliphatic heterocycles. The van der Waals surface area contributed by atoms with E-state index in [0.717, 1.165) is 32.5 Å². The highest BCUT2D eigenvalue weighted by molar-refractivity contribution is 7.17. The van der Waals surface area contributed by atoms with Crippen molar-refractivity contribution in [1.29, 1.82) is 0 Å². The molecular formula is C17H19ClN2OS. The third kappa shape index (κ3) is 4.09. The molecule has 1 aromatic carbocycles. The van der Waals surface area contributed by atoms with Crippen molar-refractivity contribution in [2.75, 3.05) is 13.1 Å². The lowest BCUT2D eigenvalue weighted by atomic mass is 10.0. The Morgan fingerprint density at radius 1 is 1.18 bits per heavy atom. The number of nitrogens with zero attached hydrogens (tertiary/aromatic N) is 1. The van der Waals surface area contributed by atoms with Crippen LogP contribution in [0.15, 0.2) is 42.5 Å². The molecule has 0 unspecified atom stereocenters. The van der Waals surface area contributed by atoms with E-state index in [0.29, 0.717) is 9.21 Å². The maximum absolute atomic E-state index is 12.1. The molecule has 1 fully saturated rings. The molecule has 1 saturated heterocycles. The summed E-state index contributed by atoms with van der Waals surface area (Å²) in [7, 11) is 0. The number of amides is 1. The third-order valence-electron chi connectivity index (χ3n) is 3.97. The fraction of sp³-hybridized carbons (Fsp3) is 0.353. The van der Waals surface area contributed by atoms with E-state index in [1.165, 1.54) is 16.9 Å². The second-order valence-electron chi connectivity index (χ2n) is 5.61. The Morgan fingerprint density at radius 2 is 1.91 bits per heavy atom. The normalized spacial score (nSPS) is 16.6. The average Bonchev–Trinajstić information content (AvgIpc) is 2.97. The summed E-state index contributed by atoms with van der Waals surface area (Å²) in [5.74, 6) is -0.00147. The maximum Gasteiger partial charge on any atom is 0.261 e. The second kappa shape index (κ2) is 7.27. The molecule has 0 bridgehead atoms. The Balaban J connectivity index is 1.46. The van der Waals surface area contributed by atoms with Gasteiger partial charge in [0.1, 0.15) is 0 Å². The number of likely N-dealkylation sites (tertiary alicyclic amines) is 1. The summed E-state index contributed by atoms with van der Waals surface area (Å²) in [6.45, 7) is 3.03. The van der Waals surface area contributed by atoms with E-state index in [2.05, 4.69) is 34.5 Å². The molecule has 2 aromatic rings. The van der Waals surface area contributed by atoms with Crippen LogP contribution in [-0.2, 0) is 6.54 Å². The van der Waals surface area contributed by atoms with E-state index in [4.69, 9.17) is 11.6 Å². The Hall–Kier alpha value is -1.36.